The van der Waals surface area contributed by atoms with E-state index in [0.29, 0.717) is 10.7 Å². The third kappa shape index (κ3) is 12.5. The van der Waals surface area contributed by atoms with Crippen molar-refractivity contribution >= 4 is 12.6 Å². The maximum Gasteiger partial charge on any atom is 0.111 e. The van der Waals surface area contributed by atoms with Crippen LogP contribution >= 0.6 is 12.6 Å². The van der Waals surface area contributed by atoms with Crippen molar-refractivity contribution in [2.45, 2.75) is 13.8 Å². The van der Waals surface area contributed by atoms with Crippen LogP contribution in [0.5, 0.6) is 0 Å². The van der Waals surface area contributed by atoms with E-state index in [1.165, 1.54) is 0 Å². The van der Waals surface area contributed by atoms with Crippen molar-refractivity contribution in [3.05, 3.63) is 36.0 Å². The van der Waals surface area contributed by atoms with Gasteiger partial charge in [-0.15, -0.1) is 12.6 Å². The van der Waals surface area contributed by atoms with Crippen LogP contribution < -0.4 is 0 Å². The summed E-state index contributed by atoms with van der Waals surface area (Å²) in [5.74, 6) is 0.602. The van der Waals surface area contributed by atoms with Gasteiger partial charge in [0.2, 0.25) is 0 Å². The Morgan fingerprint density at radius 3 is 2.00 bits per heavy atom. The van der Waals surface area contributed by atoms with Gasteiger partial charge in [0.15, 0.2) is 0 Å². The standard InChI is InChI=1S/C7H10OS.C2H6/c1-6(8-3)4-5-7(2)9;1-2/h4-5,9H,1-2H2,3H3;1-2H3/b5-4-;. The lowest BCUT2D eigenvalue weighted by atomic mass is 10.4. The summed E-state index contributed by atoms with van der Waals surface area (Å²) >= 11 is 3.93. The van der Waals surface area contributed by atoms with E-state index in [4.69, 9.17) is 4.74 Å². The molecule has 0 rings (SSSR count). The van der Waals surface area contributed by atoms with Gasteiger partial charge in [0.05, 0.1) is 7.11 Å². The molecule has 0 amide bonds. The largest absolute Gasteiger partial charge is 0.497 e. The van der Waals surface area contributed by atoms with Gasteiger partial charge in [-0.25, -0.2) is 0 Å². The van der Waals surface area contributed by atoms with Crippen molar-refractivity contribution < 1.29 is 4.74 Å². The number of methoxy groups -OCH3 is 1. The Kier molecular flexibility index (Phi) is 11.1. The highest BCUT2D eigenvalue weighted by atomic mass is 32.1. The molecule has 0 aliphatic rings. The van der Waals surface area contributed by atoms with Gasteiger partial charge in [0, 0.05) is 0 Å². The van der Waals surface area contributed by atoms with Crippen LogP contribution in [0.3, 0.4) is 0 Å². The molecule has 0 atom stereocenters. The summed E-state index contributed by atoms with van der Waals surface area (Å²) in [5, 5.41) is 0. The molecule has 2 heteroatoms. The van der Waals surface area contributed by atoms with Gasteiger partial charge >= 0.3 is 0 Å². The molecule has 0 bridgehead atoms. The van der Waals surface area contributed by atoms with E-state index in [0.717, 1.165) is 0 Å². The highest BCUT2D eigenvalue weighted by Crippen LogP contribution is 2.00. The summed E-state index contributed by atoms with van der Waals surface area (Å²) in [6.45, 7) is 11.1. The fourth-order valence-corrected chi connectivity index (χ4v) is 0.332. The van der Waals surface area contributed by atoms with Crippen LogP contribution in [0.1, 0.15) is 13.8 Å². The summed E-state index contributed by atoms with van der Waals surface area (Å²) < 4.78 is 4.74. The highest BCUT2D eigenvalue weighted by Gasteiger charge is 1.79. The fourth-order valence-electron chi connectivity index (χ4n) is 0.257. The molecule has 0 radical (unpaired) electrons. The average Bonchev–Trinajstić information content (AvgIpc) is 2.04. The molecular weight excluding hydrogens is 156 g/mol. The van der Waals surface area contributed by atoms with Gasteiger partial charge in [-0.1, -0.05) is 27.0 Å². The smallest absolute Gasteiger partial charge is 0.111 e. The van der Waals surface area contributed by atoms with Gasteiger partial charge in [-0.05, 0) is 17.1 Å². The molecule has 0 spiro atoms. The molecule has 64 valence electrons. The summed E-state index contributed by atoms with van der Waals surface area (Å²) in [4.78, 5) is 0.688. The minimum absolute atomic E-state index is 0.602. The number of allylic oxidation sites excluding steroid dienone is 2. The molecule has 0 fully saturated rings. The van der Waals surface area contributed by atoms with Crippen molar-refractivity contribution in [2.24, 2.45) is 0 Å². The SMILES string of the molecule is C=C(S)/C=C\C(=C)OC.CC. The lowest BCUT2D eigenvalue weighted by Crippen LogP contribution is -1.75. The molecule has 0 heterocycles. The lowest BCUT2D eigenvalue weighted by Gasteiger charge is -1.93. The second kappa shape index (κ2) is 9.37. The van der Waals surface area contributed by atoms with Crippen molar-refractivity contribution in [3.8, 4) is 0 Å². The second-order valence-corrected chi connectivity index (χ2v) is 2.07. The molecule has 0 aliphatic heterocycles. The third-order valence-corrected chi connectivity index (χ3v) is 0.873. The summed E-state index contributed by atoms with van der Waals surface area (Å²) in [7, 11) is 1.56. The fraction of sp³-hybridized carbons (Fsp3) is 0.333. The van der Waals surface area contributed by atoms with E-state index >= 15 is 0 Å². The molecular formula is C9H16OS. The van der Waals surface area contributed by atoms with Crippen LogP contribution in [0, 0.1) is 0 Å². The zero-order chi connectivity index (χ0) is 9.28. The Morgan fingerprint density at radius 1 is 1.27 bits per heavy atom. The second-order valence-electron chi connectivity index (χ2n) is 1.50. The number of thiol groups is 1. The monoisotopic (exact) mass is 172 g/mol. The maximum absolute atomic E-state index is 4.74. The van der Waals surface area contributed by atoms with Gasteiger partial charge in [-0.2, -0.15) is 0 Å². The molecule has 0 aromatic carbocycles. The van der Waals surface area contributed by atoms with Crippen molar-refractivity contribution in [1.29, 1.82) is 0 Å². The zero-order valence-electron chi connectivity index (χ0n) is 7.42. The van der Waals surface area contributed by atoms with Crippen LogP contribution in [0.4, 0.5) is 0 Å². The molecule has 0 aliphatic carbocycles. The number of hydrogen-bond donors (Lipinski definition) is 1. The maximum atomic E-state index is 4.74. The van der Waals surface area contributed by atoms with Crippen LogP contribution in [0.2, 0.25) is 0 Å². The number of hydrogen-bond acceptors (Lipinski definition) is 2. The van der Waals surface area contributed by atoms with Crippen LogP contribution in [-0.2, 0) is 4.74 Å². The first-order valence-electron chi connectivity index (χ1n) is 3.45. The minimum Gasteiger partial charge on any atom is -0.497 e. The summed E-state index contributed by atoms with van der Waals surface area (Å²) in [5.41, 5.74) is 0. The van der Waals surface area contributed by atoms with E-state index in [-0.39, 0.29) is 0 Å². The number of rotatable bonds is 3. The summed E-state index contributed by atoms with van der Waals surface area (Å²) in [6, 6.07) is 0. The highest BCUT2D eigenvalue weighted by molar-refractivity contribution is 7.84. The van der Waals surface area contributed by atoms with Crippen LogP contribution in [0.25, 0.3) is 0 Å². The Morgan fingerprint density at radius 2 is 1.73 bits per heavy atom. The molecule has 0 unspecified atom stereocenters. The first-order valence-corrected chi connectivity index (χ1v) is 3.90. The molecule has 0 saturated carbocycles. The predicted molar refractivity (Wildman–Crippen MR) is 54.8 cm³/mol. The molecule has 0 aromatic heterocycles. The Labute approximate surface area is 74.9 Å². The van der Waals surface area contributed by atoms with E-state index in [2.05, 4.69) is 25.8 Å². The van der Waals surface area contributed by atoms with E-state index in [9.17, 15) is 0 Å². The molecule has 0 saturated heterocycles. The minimum atomic E-state index is 0.602. The van der Waals surface area contributed by atoms with Gasteiger partial charge in [0.1, 0.15) is 5.76 Å². The average molecular weight is 172 g/mol. The van der Waals surface area contributed by atoms with E-state index in [1.54, 1.807) is 19.3 Å². The topological polar surface area (TPSA) is 9.23 Å². The van der Waals surface area contributed by atoms with Crippen molar-refractivity contribution in [1.82, 2.24) is 0 Å². The third-order valence-electron chi connectivity index (χ3n) is 0.724. The Hall–Kier alpha value is -0.630. The molecule has 11 heavy (non-hydrogen) atoms. The molecule has 1 nitrogen and oxygen atoms in total. The van der Waals surface area contributed by atoms with Crippen molar-refractivity contribution in [2.75, 3.05) is 7.11 Å². The molecule has 0 N–H and O–H groups in total. The van der Waals surface area contributed by atoms with Gasteiger partial charge in [-0.3, -0.25) is 0 Å². The van der Waals surface area contributed by atoms with E-state index in [1.807, 2.05) is 13.8 Å². The van der Waals surface area contributed by atoms with Crippen LogP contribution in [-0.4, -0.2) is 7.11 Å². The first-order chi connectivity index (χ1) is 5.16. The Bertz CT molecular complexity index is 148. The zero-order valence-corrected chi connectivity index (χ0v) is 8.32. The predicted octanol–water partition coefficient (Wildman–Crippen LogP) is 3.17. The van der Waals surface area contributed by atoms with Crippen LogP contribution in [0.15, 0.2) is 36.0 Å². The molecule has 0 aromatic rings. The van der Waals surface area contributed by atoms with Gasteiger partial charge < -0.3 is 4.74 Å². The van der Waals surface area contributed by atoms with Crippen molar-refractivity contribution in [3.63, 3.8) is 0 Å². The Balaban J connectivity index is 0. The number of ether oxygens (including phenoxy) is 1. The summed E-state index contributed by atoms with van der Waals surface area (Å²) in [6.07, 6.45) is 3.42. The normalized spacial score (nSPS) is 8.36. The first kappa shape index (κ1) is 13.0. The van der Waals surface area contributed by atoms with Gasteiger partial charge in [0.25, 0.3) is 0 Å². The lowest BCUT2D eigenvalue weighted by molar-refractivity contribution is 0.309. The quantitative estimate of drug-likeness (QED) is 0.391. The van der Waals surface area contributed by atoms with E-state index < -0.39 is 0 Å².